The minimum atomic E-state index is -0.139. The van der Waals surface area contributed by atoms with E-state index in [-0.39, 0.29) is 23.2 Å². The van der Waals surface area contributed by atoms with Gasteiger partial charge in [-0.3, -0.25) is 9.69 Å². The second-order valence-corrected chi connectivity index (χ2v) is 6.24. The molecule has 1 atom stereocenters. The van der Waals surface area contributed by atoms with Crippen LogP contribution in [-0.2, 0) is 4.79 Å². The van der Waals surface area contributed by atoms with Crippen LogP contribution >= 0.6 is 0 Å². The van der Waals surface area contributed by atoms with Gasteiger partial charge in [-0.25, -0.2) is 4.39 Å². The maximum absolute atomic E-state index is 12.9. The van der Waals surface area contributed by atoms with E-state index in [0.29, 0.717) is 6.42 Å². The van der Waals surface area contributed by atoms with Gasteiger partial charge in [-0.05, 0) is 25.7 Å². The zero-order valence-corrected chi connectivity index (χ0v) is 13.5. The SMILES string of the molecule is C=CCN(C[C@H](C)NC(C)=O)CC(C)(C)C/C=C(\C)F. The summed E-state index contributed by atoms with van der Waals surface area (Å²) in [7, 11) is 0. The number of hydrogen-bond acceptors (Lipinski definition) is 2. The summed E-state index contributed by atoms with van der Waals surface area (Å²) >= 11 is 0. The Balaban J connectivity index is 4.55. The van der Waals surface area contributed by atoms with Crippen LogP contribution in [0.2, 0.25) is 0 Å². The maximum atomic E-state index is 12.9. The van der Waals surface area contributed by atoms with Crippen molar-refractivity contribution in [2.75, 3.05) is 19.6 Å². The van der Waals surface area contributed by atoms with E-state index in [9.17, 15) is 9.18 Å². The van der Waals surface area contributed by atoms with Gasteiger partial charge in [0.1, 0.15) is 0 Å². The zero-order chi connectivity index (χ0) is 15.8. The van der Waals surface area contributed by atoms with E-state index < -0.39 is 0 Å². The number of halogens is 1. The third-order valence-corrected chi connectivity index (χ3v) is 2.96. The summed E-state index contributed by atoms with van der Waals surface area (Å²) in [5, 5.41) is 2.88. The van der Waals surface area contributed by atoms with Crippen molar-refractivity contribution < 1.29 is 9.18 Å². The van der Waals surface area contributed by atoms with Gasteiger partial charge in [0, 0.05) is 32.6 Å². The fourth-order valence-electron chi connectivity index (χ4n) is 2.25. The first-order valence-corrected chi connectivity index (χ1v) is 7.09. The third kappa shape index (κ3) is 9.73. The summed E-state index contributed by atoms with van der Waals surface area (Å²) in [6.45, 7) is 15.3. The molecule has 0 fully saturated rings. The van der Waals surface area contributed by atoms with Gasteiger partial charge >= 0.3 is 0 Å². The van der Waals surface area contributed by atoms with Crippen LogP contribution in [0.5, 0.6) is 0 Å². The van der Waals surface area contributed by atoms with Gasteiger partial charge in [0.15, 0.2) is 0 Å². The molecule has 0 saturated carbocycles. The Morgan fingerprint density at radius 2 is 2.05 bits per heavy atom. The van der Waals surface area contributed by atoms with Crippen molar-refractivity contribution in [1.82, 2.24) is 10.2 Å². The van der Waals surface area contributed by atoms with Crippen LogP contribution in [0, 0.1) is 5.41 Å². The van der Waals surface area contributed by atoms with Crippen molar-refractivity contribution in [1.29, 1.82) is 0 Å². The molecule has 0 unspecified atom stereocenters. The van der Waals surface area contributed by atoms with Crippen LogP contribution in [-0.4, -0.2) is 36.5 Å². The predicted octanol–water partition coefficient (Wildman–Crippen LogP) is 3.29. The van der Waals surface area contributed by atoms with Gasteiger partial charge in [0.05, 0.1) is 5.83 Å². The lowest BCUT2D eigenvalue weighted by Crippen LogP contribution is -2.44. The van der Waals surface area contributed by atoms with Crippen molar-refractivity contribution in [3.8, 4) is 0 Å². The molecule has 1 amide bonds. The second-order valence-electron chi connectivity index (χ2n) is 6.24. The first-order valence-electron chi connectivity index (χ1n) is 7.09. The molecular formula is C16H29FN2O. The van der Waals surface area contributed by atoms with Crippen LogP contribution in [0.3, 0.4) is 0 Å². The molecule has 1 N–H and O–H groups in total. The number of carbonyl (C=O) groups is 1. The number of rotatable bonds is 9. The predicted molar refractivity (Wildman–Crippen MR) is 83.2 cm³/mol. The molecule has 0 radical (unpaired) electrons. The zero-order valence-electron chi connectivity index (χ0n) is 13.5. The van der Waals surface area contributed by atoms with Crippen molar-refractivity contribution in [2.24, 2.45) is 5.41 Å². The molecule has 0 rings (SSSR count). The molecule has 0 saturated heterocycles. The number of nitrogens with zero attached hydrogens (tertiary/aromatic N) is 1. The topological polar surface area (TPSA) is 32.3 Å². The van der Waals surface area contributed by atoms with Gasteiger partial charge in [0.25, 0.3) is 0 Å². The minimum absolute atomic E-state index is 0.0215. The molecule has 4 heteroatoms. The Bertz CT molecular complexity index is 346. The molecule has 0 bridgehead atoms. The van der Waals surface area contributed by atoms with Crippen molar-refractivity contribution >= 4 is 5.91 Å². The van der Waals surface area contributed by atoms with Crippen LogP contribution in [0.25, 0.3) is 0 Å². The Labute approximate surface area is 122 Å². The summed E-state index contributed by atoms with van der Waals surface area (Å²) in [5.74, 6) is -0.161. The van der Waals surface area contributed by atoms with E-state index in [1.54, 1.807) is 6.08 Å². The molecule has 0 spiro atoms. The van der Waals surface area contributed by atoms with Crippen LogP contribution in [0.4, 0.5) is 4.39 Å². The monoisotopic (exact) mass is 284 g/mol. The summed E-state index contributed by atoms with van der Waals surface area (Å²) in [5.41, 5.74) is -0.0215. The Morgan fingerprint density at radius 1 is 1.45 bits per heavy atom. The Kier molecular flexibility index (Phi) is 8.39. The first-order chi connectivity index (χ1) is 9.16. The Morgan fingerprint density at radius 3 is 2.50 bits per heavy atom. The minimum Gasteiger partial charge on any atom is -0.353 e. The van der Waals surface area contributed by atoms with Gasteiger partial charge in [-0.1, -0.05) is 26.0 Å². The molecule has 0 aliphatic heterocycles. The lowest BCUT2D eigenvalue weighted by atomic mass is 9.88. The lowest BCUT2D eigenvalue weighted by Gasteiger charge is -2.33. The van der Waals surface area contributed by atoms with E-state index in [2.05, 4.69) is 30.6 Å². The molecule has 0 heterocycles. The molecule has 0 aliphatic carbocycles. The largest absolute Gasteiger partial charge is 0.353 e. The molecule has 0 aromatic rings. The first kappa shape index (κ1) is 18.8. The highest BCUT2D eigenvalue weighted by Gasteiger charge is 2.21. The van der Waals surface area contributed by atoms with Gasteiger partial charge < -0.3 is 5.32 Å². The molecular weight excluding hydrogens is 255 g/mol. The number of hydrogen-bond donors (Lipinski definition) is 1. The van der Waals surface area contributed by atoms with Gasteiger partial charge in [0.2, 0.25) is 5.91 Å². The number of allylic oxidation sites excluding steroid dienone is 2. The molecule has 0 aliphatic rings. The average molecular weight is 284 g/mol. The van der Waals surface area contributed by atoms with Gasteiger partial charge in [-0.2, -0.15) is 0 Å². The highest BCUT2D eigenvalue weighted by Crippen LogP contribution is 2.23. The number of nitrogens with one attached hydrogen (secondary N) is 1. The van der Waals surface area contributed by atoms with Crippen LogP contribution < -0.4 is 5.32 Å². The molecule has 0 aromatic carbocycles. The summed E-state index contributed by atoms with van der Waals surface area (Å²) in [6, 6.07) is 0.0849. The fraction of sp³-hybridized carbons (Fsp3) is 0.688. The highest BCUT2D eigenvalue weighted by molar-refractivity contribution is 5.73. The number of carbonyl (C=O) groups excluding carboxylic acids is 1. The van der Waals surface area contributed by atoms with E-state index in [0.717, 1.165) is 19.6 Å². The lowest BCUT2D eigenvalue weighted by molar-refractivity contribution is -0.119. The summed E-state index contributed by atoms with van der Waals surface area (Å²) in [6.07, 6.45) is 4.17. The van der Waals surface area contributed by atoms with E-state index >= 15 is 0 Å². The Hall–Kier alpha value is -1.16. The van der Waals surface area contributed by atoms with E-state index in [1.165, 1.54) is 13.8 Å². The second kappa shape index (κ2) is 8.90. The van der Waals surface area contributed by atoms with Crippen molar-refractivity contribution in [3.63, 3.8) is 0 Å². The highest BCUT2D eigenvalue weighted by atomic mass is 19.1. The third-order valence-electron chi connectivity index (χ3n) is 2.96. The quantitative estimate of drug-likeness (QED) is 0.659. The summed E-state index contributed by atoms with van der Waals surface area (Å²) in [4.78, 5) is 13.3. The summed E-state index contributed by atoms with van der Waals surface area (Å²) < 4.78 is 12.9. The maximum Gasteiger partial charge on any atom is 0.217 e. The van der Waals surface area contributed by atoms with Crippen LogP contribution in [0.1, 0.15) is 41.0 Å². The van der Waals surface area contributed by atoms with E-state index in [1.807, 2.05) is 13.0 Å². The van der Waals surface area contributed by atoms with Crippen LogP contribution in [0.15, 0.2) is 24.6 Å². The number of amides is 1. The molecule has 20 heavy (non-hydrogen) atoms. The van der Waals surface area contributed by atoms with Gasteiger partial charge in [-0.15, -0.1) is 6.58 Å². The molecule has 0 aromatic heterocycles. The van der Waals surface area contributed by atoms with Crippen molar-refractivity contribution in [2.45, 2.75) is 47.1 Å². The average Bonchev–Trinajstić information content (AvgIpc) is 2.25. The van der Waals surface area contributed by atoms with Crippen molar-refractivity contribution in [3.05, 3.63) is 24.6 Å². The molecule has 116 valence electrons. The molecule has 3 nitrogen and oxygen atoms in total. The standard InChI is InChI=1S/C16H29FN2O/c1-7-10-19(11-14(3)18-15(4)20)12-16(5,6)9-8-13(2)17/h7-8,14H,1,9-12H2,2-6H3,(H,18,20)/b13-8+/t14-/m0/s1. The smallest absolute Gasteiger partial charge is 0.217 e. The van der Waals surface area contributed by atoms with E-state index in [4.69, 9.17) is 0 Å². The fourth-order valence-corrected chi connectivity index (χ4v) is 2.25. The normalized spacial score (nSPS) is 14.2.